The van der Waals surface area contributed by atoms with Crippen molar-refractivity contribution < 1.29 is 18.7 Å². The van der Waals surface area contributed by atoms with Gasteiger partial charge in [-0.15, -0.1) is 0 Å². The van der Waals surface area contributed by atoms with Gasteiger partial charge < -0.3 is 14.1 Å². The lowest BCUT2D eigenvalue weighted by molar-refractivity contribution is -0.117. The number of imidazole rings is 1. The molecular formula is C29H30N4O4. The van der Waals surface area contributed by atoms with Gasteiger partial charge in [0.25, 0.3) is 5.91 Å². The van der Waals surface area contributed by atoms with Crippen molar-refractivity contribution in [2.75, 3.05) is 25.0 Å². The van der Waals surface area contributed by atoms with Crippen LogP contribution in [0.4, 0.5) is 5.95 Å². The van der Waals surface area contributed by atoms with Crippen LogP contribution in [0.3, 0.4) is 0 Å². The average molecular weight is 499 g/mol. The molecule has 0 unspecified atom stereocenters. The van der Waals surface area contributed by atoms with Crippen LogP contribution in [0.1, 0.15) is 34.5 Å². The summed E-state index contributed by atoms with van der Waals surface area (Å²) < 4.78 is 12.9. The minimum Gasteiger partial charge on any atom is -0.459 e. The molecule has 37 heavy (non-hydrogen) atoms. The molecule has 1 aliphatic heterocycles. The fourth-order valence-corrected chi connectivity index (χ4v) is 4.38. The summed E-state index contributed by atoms with van der Waals surface area (Å²) in [6.45, 7) is 4.88. The topological polar surface area (TPSA) is 89.6 Å². The van der Waals surface area contributed by atoms with Gasteiger partial charge in [0.1, 0.15) is 6.54 Å². The number of hydrogen-bond donors (Lipinski definition) is 1. The van der Waals surface area contributed by atoms with E-state index in [-0.39, 0.29) is 30.2 Å². The molecule has 5 rings (SSSR count). The van der Waals surface area contributed by atoms with Crippen molar-refractivity contribution in [3.05, 3.63) is 90.0 Å². The Balaban J connectivity index is 1.40. The molecule has 1 N–H and O–H groups in total. The maximum absolute atomic E-state index is 13.3. The Morgan fingerprint density at radius 3 is 2.43 bits per heavy atom. The number of anilines is 1. The van der Waals surface area contributed by atoms with Crippen molar-refractivity contribution in [2.24, 2.45) is 0 Å². The number of aromatic nitrogens is 2. The number of rotatable bonds is 8. The predicted molar refractivity (Wildman–Crippen MR) is 141 cm³/mol. The highest BCUT2D eigenvalue weighted by Crippen LogP contribution is 2.25. The van der Waals surface area contributed by atoms with E-state index in [0.29, 0.717) is 19.1 Å². The van der Waals surface area contributed by atoms with E-state index >= 15 is 0 Å². The summed E-state index contributed by atoms with van der Waals surface area (Å²) in [5.74, 6) is -0.134. The van der Waals surface area contributed by atoms with E-state index in [1.807, 2.05) is 73.1 Å². The summed E-state index contributed by atoms with van der Waals surface area (Å²) in [4.78, 5) is 32.6. The van der Waals surface area contributed by atoms with Crippen LogP contribution in [-0.4, -0.2) is 52.1 Å². The number of aryl methyl sites for hydroxylation is 2. The third-order valence-corrected chi connectivity index (χ3v) is 6.42. The van der Waals surface area contributed by atoms with Crippen LogP contribution in [0.25, 0.3) is 16.9 Å². The number of nitrogens with zero attached hydrogens (tertiary/aromatic N) is 3. The van der Waals surface area contributed by atoms with Gasteiger partial charge in [-0.05, 0) is 51.0 Å². The van der Waals surface area contributed by atoms with Crippen molar-refractivity contribution in [2.45, 2.75) is 32.8 Å². The molecular weight excluding hydrogens is 468 g/mol. The fraction of sp³-hybridized carbons (Fsp3) is 0.276. The van der Waals surface area contributed by atoms with Crippen LogP contribution in [-0.2, 0) is 9.53 Å². The predicted octanol–water partition coefficient (Wildman–Crippen LogP) is 5.01. The summed E-state index contributed by atoms with van der Waals surface area (Å²) in [5.41, 5.74) is 4.84. The molecule has 0 saturated carbocycles. The Kier molecular flexibility index (Phi) is 7.18. The van der Waals surface area contributed by atoms with Crippen LogP contribution >= 0.6 is 0 Å². The lowest BCUT2D eigenvalue weighted by Crippen LogP contribution is -2.42. The number of ether oxygens (including phenoxy) is 1. The van der Waals surface area contributed by atoms with Crippen molar-refractivity contribution in [1.82, 2.24) is 14.5 Å². The highest BCUT2D eigenvalue weighted by atomic mass is 16.5. The molecule has 2 aromatic carbocycles. The molecule has 190 valence electrons. The normalized spacial score (nSPS) is 15.0. The van der Waals surface area contributed by atoms with Gasteiger partial charge in [0, 0.05) is 30.6 Å². The molecule has 8 nitrogen and oxygen atoms in total. The van der Waals surface area contributed by atoms with Crippen molar-refractivity contribution in [3.8, 4) is 16.9 Å². The Hall–Kier alpha value is -4.17. The molecule has 2 aromatic heterocycles. The Morgan fingerprint density at radius 1 is 1.05 bits per heavy atom. The molecule has 0 aliphatic carbocycles. The largest absolute Gasteiger partial charge is 0.459 e. The van der Waals surface area contributed by atoms with Gasteiger partial charge in [-0.2, -0.15) is 0 Å². The van der Waals surface area contributed by atoms with E-state index in [1.165, 1.54) is 11.2 Å². The van der Waals surface area contributed by atoms with E-state index in [2.05, 4.69) is 5.32 Å². The number of benzene rings is 2. The maximum Gasteiger partial charge on any atom is 0.290 e. The quantitative estimate of drug-likeness (QED) is 0.369. The Bertz CT molecular complexity index is 1350. The number of nitrogens with one attached hydrogen (secondary N) is 1. The first-order valence-electron chi connectivity index (χ1n) is 12.4. The average Bonchev–Trinajstić information content (AvgIpc) is 3.67. The summed E-state index contributed by atoms with van der Waals surface area (Å²) in [6.07, 6.45) is 5.04. The highest BCUT2D eigenvalue weighted by molar-refractivity contribution is 5.97. The fourth-order valence-electron chi connectivity index (χ4n) is 4.38. The summed E-state index contributed by atoms with van der Waals surface area (Å²) in [6, 6.07) is 19.3. The van der Waals surface area contributed by atoms with Gasteiger partial charge in [-0.25, -0.2) is 4.98 Å². The smallest absolute Gasteiger partial charge is 0.290 e. The van der Waals surface area contributed by atoms with E-state index < -0.39 is 0 Å². The molecule has 0 radical (unpaired) electrons. The minimum atomic E-state index is -0.354. The SMILES string of the molecule is Cc1ccc(-c2cn(-c3ccc(C)cc3)c(NC(=O)CN(C[C@@H]3CCCO3)C(=O)c3ccco3)n2)cc1. The lowest BCUT2D eigenvalue weighted by Gasteiger charge is -2.24. The second-order valence-corrected chi connectivity index (χ2v) is 9.37. The molecule has 0 spiro atoms. The van der Waals surface area contributed by atoms with E-state index in [1.54, 1.807) is 12.1 Å². The zero-order chi connectivity index (χ0) is 25.8. The number of hydrogen-bond acceptors (Lipinski definition) is 5. The Morgan fingerprint density at radius 2 is 1.78 bits per heavy atom. The standard InChI is InChI=1S/C29H30N4O4/c1-20-7-11-22(12-8-20)25-18-33(23-13-9-21(2)10-14-23)29(30-25)31-27(34)19-32(17-24-5-3-15-36-24)28(35)26-6-4-16-37-26/h4,6-14,16,18,24H,3,5,15,17,19H2,1-2H3,(H,30,31,34)/t24-/m0/s1. The molecule has 0 bridgehead atoms. The zero-order valence-corrected chi connectivity index (χ0v) is 21.0. The lowest BCUT2D eigenvalue weighted by atomic mass is 10.1. The van der Waals surface area contributed by atoms with E-state index in [4.69, 9.17) is 14.1 Å². The second kappa shape index (κ2) is 10.8. The molecule has 4 aromatic rings. The molecule has 1 saturated heterocycles. The van der Waals surface area contributed by atoms with E-state index in [0.717, 1.165) is 40.9 Å². The first-order valence-corrected chi connectivity index (χ1v) is 12.4. The molecule has 1 aliphatic rings. The van der Waals surface area contributed by atoms with Crippen molar-refractivity contribution >= 4 is 17.8 Å². The summed E-state index contributed by atoms with van der Waals surface area (Å²) in [5, 5.41) is 2.93. The third-order valence-electron chi connectivity index (χ3n) is 6.42. The van der Waals surface area contributed by atoms with Crippen LogP contribution in [0.5, 0.6) is 0 Å². The van der Waals surface area contributed by atoms with Gasteiger partial charge >= 0.3 is 0 Å². The monoisotopic (exact) mass is 498 g/mol. The molecule has 8 heteroatoms. The first kappa shape index (κ1) is 24.5. The third kappa shape index (κ3) is 5.81. The Labute approximate surface area is 215 Å². The number of carbonyl (C=O) groups excluding carboxylic acids is 2. The molecule has 2 amide bonds. The van der Waals surface area contributed by atoms with E-state index in [9.17, 15) is 9.59 Å². The number of furan rings is 1. The number of carbonyl (C=O) groups is 2. The number of amides is 2. The van der Waals surface area contributed by atoms with Gasteiger partial charge in [0.2, 0.25) is 11.9 Å². The maximum atomic E-state index is 13.3. The van der Waals surface area contributed by atoms with Crippen molar-refractivity contribution in [3.63, 3.8) is 0 Å². The van der Waals surface area contributed by atoms with Gasteiger partial charge in [0.15, 0.2) is 5.76 Å². The van der Waals surface area contributed by atoms with Crippen LogP contribution in [0.2, 0.25) is 0 Å². The van der Waals surface area contributed by atoms with Crippen LogP contribution in [0.15, 0.2) is 77.5 Å². The molecule has 1 atom stereocenters. The first-order chi connectivity index (χ1) is 18.0. The summed E-state index contributed by atoms with van der Waals surface area (Å²) in [7, 11) is 0. The van der Waals surface area contributed by atoms with Crippen molar-refractivity contribution in [1.29, 1.82) is 0 Å². The summed E-state index contributed by atoms with van der Waals surface area (Å²) >= 11 is 0. The van der Waals surface area contributed by atoms with Crippen LogP contribution < -0.4 is 5.32 Å². The molecule has 1 fully saturated rings. The van der Waals surface area contributed by atoms with Gasteiger partial charge in [-0.1, -0.05) is 47.5 Å². The zero-order valence-electron chi connectivity index (χ0n) is 21.0. The highest BCUT2D eigenvalue weighted by Gasteiger charge is 2.27. The van der Waals surface area contributed by atoms with Crippen LogP contribution in [0, 0.1) is 13.8 Å². The van der Waals surface area contributed by atoms with Gasteiger partial charge in [0.05, 0.1) is 18.1 Å². The second-order valence-electron chi connectivity index (χ2n) is 9.37. The minimum absolute atomic E-state index is 0.102. The molecule has 3 heterocycles. The van der Waals surface area contributed by atoms with Gasteiger partial charge in [-0.3, -0.25) is 19.5 Å².